The summed E-state index contributed by atoms with van der Waals surface area (Å²) >= 11 is 0. The lowest BCUT2D eigenvalue weighted by molar-refractivity contribution is -0.116. The largest absolute Gasteiger partial charge is 0.325 e. The normalized spacial score (nSPS) is 23.5. The highest BCUT2D eigenvalue weighted by molar-refractivity contribution is 7.89. The smallest absolute Gasteiger partial charge is 0.243 e. The number of nitrogens with one attached hydrogen (secondary N) is 1. The lowest BCUT2D eigenvalue weighted by Crippen LogP contribution is -2.32. The lowest BCUT2D eigenvalue weighted by Gasteiger charge is -2.20. The minimum absolute atomic E-state index is 0.0747. The molecule has 3 rings (SSSR count). The van der Waals surface area contributed by atoms with Crippen molar-refractivity contribution in [1.29, 1.82) is 0 Å². The summed E-state index contributed by atoms with van der Waals surface area (Å²) in [5, 5.41) is 2.77. The van der Waals surface area contributed by atoms with E-state index in [1.54, 1.807) is 29.4 Å². The minimum Gasteiger partial charge on any atom is -0.325 e. The Hall–Kier alpha value is -1.40. The molecule has 114 valence electrons. The molecule has 0 spiro atoms. The zero-order valence-corrected chi connectivity index (χ0v) is 12.9. The average Bonchev–Trinajstić information content (AvgIpc) is 2.67. The highest BCUT2D eigenvalue weighted by Gasteiger charge is 2.30. The quantitative estimate of drug-likeness (QED) is 0.911. The Morgan fingerprint density at radius 2 is 1.81 bits per heavy atom. The molecule has 2 aliphatic rings. The molecule has 1 N–H and O–H groups in total. The third kappa shape index (κ3) is 2.58. The number of anilines is 1. The number of hydrogen-bond acceptors (Lipinski definition) is 3. The van der Waals surface area contributed by atoms with Crippen LogP contribution in [0.25, 0.3) is 0 Å². The fourth-order valence-corrected chi connectivity index (χ4v) is 4.54. The van der Waals surface area contributed by atoms with E-state index >= 15 is 0 Å². The fourth-order valence-electron chi connectivity index (χ4n) is 2.99. The molecular weight excluding hydrogens is 288 g/mol. The van der Waals surface area contributed by atoms with Crippen LogP contribution >= 0.6 is 0 Å². The van der Waals surface area contributed by atoms with Crippen molar-refractivity contribution in [2.45, 2.75) is 43.4 Å². The third-order valence-electron chi connectivity index (χ3n) is 4.34. The maximum Gasteiger partial charge on any atom is 0.243 e. The first-order valence-corrected chi connectivity index (χ1v) is 8.89. The van der Waals surface area contributed by atoms with E-state index in [2.05, 4.69) is 5.32 Å². The standard InChI is InChI=1S/C15H20N2O3S/c1-11-13-10-12(6-7-14(13)16-15(11)18)21(19,20)17-8-4-2-3-5-9-17/h6-7,10-11H,2-5,8-9H2,1H3,(H,16,18). The predicted molar refractivity (Wildman–Crippen MR) is 80.7 cm³/mol. The Morgan fingerprint density at radius 3 is 2.48 bits per heavy atom. The number of amides is 1. The molecule has 0 bridgehead atoms. The third-order valence-corrected chi connectivity index (χ3v) is 6.24. The van der Waals surface area contributed by atoms with Crippen LogP contribution in [0.5, 0.6) is 0 Å². The number of sulfonamides is 1. The molecule has 5 nitrogen and oxygen atoms in total. The summed E-state index contributed by atoms with van der Waals surface area (Å²) in [6.07, 6.45) is 4.01. The first kappa shape index (κ1) is 14.5. The molecular formula is C15H20N2O3S. The van der Waals surface area contributed by atoms with Crippen LogP contribution in [-0.4, -0.2) is 31.7 Å². The van der Waals surface area contributed by atoms with Crippen LogP contribution in [0, 0.1) is 0 Å². The van der Waals surface area contributed by atoms with Gasteiger partial charge in [-0.3, -0.25) is 4.79 Å². The van der Waals surface area contributed by atoms with Gasteiger partial charge in [-0.05, 0) is 43.5 Å². The van der Waals surface area contributed by atoms with Gasteiger partial charge < -0.3 is 5.32 Å². The summed E-state index contributed by atoms with van der Waals surface area (Å²) in [7, 11) is -3.45. The van der Waals surface area contributed by atoms with E-state index in [4.69, 9.17) is 0 Å². The summed E-state index contributed by atoms with van der Waals surface area (Å²) in [6, 6.07) is 4.94. The molecule has 1 fully saturated rings. The predicted octanol–water partition coefficient (Wildman–Crippen LogP) is 2.31. The van der Waals surface area contributed by atoms with Crippen molar-refractivity contribution in [3.63, 3.8) is 0 Å². The zero-order valence-electron chi connectivity index (χ0n) is 12.1. The molecule has 0 radical (unpaired) electrons. The molecule has 0 saturated carbocycles. The first-order chi connectivity index (χ1) is 10.00. The van der Waals surface area contributed by atoms with Crippen molar-refractivity contribution in [2.24, 2.45) is 0 Å². The van der Waals surface area contributed by atoms with E-state index in [-0.39, 0.29) is 11.8 Å². The van der Waals surface area contributed by atoms with E-state index < -0.39 is 10.0 Å². The van der Waals surface area contributed by atoms with Crippen LogP contribution < -0.4 is 5.32 Å². The van der Waals surface area contributed by atoms with Crippen molar-refractivity contribution in [3.05, 3.63) is 23.8 Å². The van der Waals surface area contributed by atoms with Crippen LogP contribution in [-0.2, 0) is 14.8 Å². The van der Waals surface area contributed by atoms with Gasteiger partial charge in [0.05, 0.1) is 10.8 Å². The second kappa shape index (κ2) is 5.42. The van der Waals surface area contributed by atoms with Crippen LogP contribution in [0.4, 0.5) is 5.69 Å². The molecule has 1 unspecified atom stereocenters. The maximum atomic E-state index is 12.7. The second-order valence-electron chi connectivity index (χ2n) is 5.78. The summed E-state index contributed by atoms with van der Waals surface area (Å²) in [5.41, 5.74) is 1.50. The Morgan fingerprint density at radius 1 is 1.14 bits per heavy atom. The number of nitrogens with zero attached hydrogens (tertiary/aromatic N) is 1. The first-order valence-electron chi connectivity index (χ1n) is 7.45. The van der Waals surface area contributed by atoms with Gasteiger partial charge in [-0.1, -0.05) is 12.8 Å². The van der Waals surface area contributed by atoms with E-state index in [0.29, 0.717) is 18.0 Å². The van der Waals surface area contributed by atoms with Gasteiger partial charge in [0.2, 0.25) is 15.9 Å². The Balaban J connectivity index is 1.95. The monoisotopic (exact) mass is 308 g/mol. The van der Waals surface area contributed by atoms with Gasteiger partial charge in [-0.2, -0.15) is 4.31 Å². The van der Waals surface area contributed by atoms with Crippen molar-refractivity contribution >= 4 is 21.6 Å². The summed E-state index contributed by atoms with van der Waals surface area (Å²) < 4.78 is 27.1. The Bertz CT molecular complexity index is 661. The number of benzene rings is 1. The van der Waals surface area contributed by atoms with E-state index in [1.807, 2.05) is 0 Å². The van der Waals surface area contributed by atoms with Crippen molar-refractivity contribution in [1.82, 2.24) is 4.31 Å². The van der Waals surface area contributed by atoms with Gasteiger partial charge in [0, 0.05) is 18.8 Å². The van der Waals surface area contributed by atoms with Gasteiger partial charge >= 0.3 is 0 Å². The van der Waals surface area contributed by atoms with Crippen LogP contribution in [0.3, 0.4) is 0 Å². The Labute approximate surface area is 125 Å². The summed E-state index contributed by atoms with van der Waals surface area (Å²) in [6.45, 7) is 2.97. The fraction of sp³-hybridized carbons (Fsp3) is 0.533. The number of hydrogen-bond donors (Lipinski definition) is 1. The van der Waals surface area contributed by atoms with Crippen molar-refractivity contribution in [2.75, 3.05) is 18.4 Å². The summed E-state index contributed by atoms with van der Waals surface area (Å²) in [5.74, 6) is -0.367. The molecule has 1 atom stereocenters. The van der Waals surface area contributed by atoms with Crippen molar-refractivity contribution in [3.8, 4) is 0 Å². The molecule has 2 heterocycles. The van der Waals surface area contributed by atoms with E-state index in [1.165, 1.54) is 0 Å². The number of rotatable bonds is 2. The zero-order chi connectivity index (χ0) is 15.0. The number of fused-ring (bicyclic) bond motifs is 1. The number of carbonyl (C=O) groups excluding carboxylic acids is 1. The SMILES string of the molecule is CC1C(=O)Nc2ccc(S(=O)(=O)N3CCCCCC3)cc21. The molecule has 1 aromatic carbocycles. The molecule has 0 aliphatic carbocycles. The van der Waals surface area contributed by atoms with Gasteiger partial charge in [-0.25, -0.2) is 8.42 Å². The highest BCUT2D eigenvalue weighted by atomic mass is 32.2. The van der Waals surface area contributed by atoms with Crippen LogP contribution in [0.2, 0.25) is 0 Å². The lowest BCUT2D eigenvalue weighted by atomic mass is 10.0. The molecule has 1 aromatic rings. The van der Waals surface area contributed by atoms with E-state index in [9.17, 15) is 13.2 Å². The molecule has 1 saturated heterocycles. The van der Waals surface area contributed by atoms with Gasteiger partial charge in [0.25, 0.3) is 0 Å². The van der Waals surface area contributed by atoms with Gasteiger partial charge in [0.15, 0.2) is 0 Å². The molecule has 1 amide bonds. The van der Waals surface area contributed by atoms with Crippen LogP contribution in [0.1, 0.15) is 44.1 Å². The highest BCUT2D eigenvalue weighted by Crippen LogP contribution is 2.34. The Kier molecular flexibility index (Phi) is 3.75. The minimum atomic E-state index is -3.45. The second-order valence-corrected chi connectivity index (χ2v) is 7.72. The summed E-state index contributed by atoms with van der Waals surface area (Å²) in [4.78, 5) is 12.0. The molecule has 0 aromatic heterocycles. The number of carbonyl (C=O) groups is 1. The van der Waals surface area contributed by atoms with Gasteiger partial charge in [0.1, 0.15) is 0 Å². The molecule has 6 heteroatoms. The average molecular weight is 308 g/mol. The van der Waals surface area contributed by atoms with Gasteiger partial charge in [-0.15, -0.1) is 0 Å². The van der Waals surface area contributed by atoms with E-state index in [0.717, 1.165) is 36.9 Å². The maximum absolute atomic E-state index is 12.7. The molecule has 2 aliphatic heterocycles. The topological polar surface area (TPSA) is 66.5 Å². The molecule has 21 heavy (non-hydrogen) atoms. The van der Waals surface area contributed by atoms with Crippen molar-refractivity contribution < 1.29 is 13.2 Å². The van der Waals surface area contributed by atoms with Crippen LogP contribution in [0.15, 0.2) is 23.1 Å².